The van der Waals surface area contributed by atoms with Gasteiger partial charge in [-0.3, -0.25) is 0 Å². The zero-order valence-electron chi connectivity index (χ0n) is 13.4. The Balaban J connectivity index is 1.44. The summed E-state index contributed by atoms with van der Waals surface area (Å²) >= 11 is 16.8. The van der Waals surface area contributed by atoms with Crippen LogP contribution in [0.3, 0.4) is 0 Å². The second-order valence-electron chi connectivity index (χ2n) is 5.29. The highest BCUT2D eigenvalue weighted by molar-refractivity contribution is 9.10. The molecule has 0 aliphatic heterocycles. The first kappa shape index (κ1) is 18.5. The van der Waals surface area contributed by atoms with Gasteiger partial charge in [0.2, 0.25) is 17.7 Å². The average molecular weight is 484 g/mol. The summed E-state index contributed by atoms with van der Waals surface area (Å²) in [5.41, 5.74) is 1.47. The van der Waals surface area contributed by atoms with Crippen molar-refractivity contribution in [3.63, 3.8) is 0 Å². The van der Waals surface area contributed by atoms with Crippen LogP contribution in [0.4, 0.5) is 0 Å². The molecular formula is C17H9BrCl2N4O2S. The Kier molecular flexibility index (Phi) is 5.49. The van der Waals surface area contributed by atoms with Gasteiger partial charge in [0.1, 0.15) is 0 Å². The fourth-order valence-corrected chi connectivity index (χ4v) is 3.54. The molecule has 2 aromatic carbocycles. The molecule has 0 saturated carbocycles. The van der Waals surface area contributed by atoms with Crippen LogP contribution in [0.5, 0.6) is 0 Å². The van der Waals surface area contributed by atoms with Crippen molar-refractivity contribution in [2.75, 3.05) is 0 Å². The number of benzene rings is 2. The molecule has 4 aromatic rings. The van der Waals surface area contributed by atoms with Crippen molar-refractivity contribution < 1.29 is 8.83 Å². The molecule has 6 nitrogen and oxygen atoms in total. The summed E-state index contributed by atoms with van der Waals surface area (Å²) in [5.74, 6) is 1.59. The molecule has 4 rings (SSSR count). The second-order valence-corrected chi connectivity index (χ2v) is 7.98. The Hall–Kier alpha value is -1.87. The van der Waals surface area contributed by atoms with Crippen LogP contribution in [-0.4, -0.2) is 20.4 Å². The summed E-state index contributed by atoms with van der Waals surface area (Å²) in [5, 5.41) is 17.5. The molecule has 0 radical (unpaired) electrons. The standard InChI is InChI=1S/C17H9BrCl2N4O2S/c18-10-3-1-9(2-4-10)15-22-24-17(26-15)27-8-14-21-23-16(25-14)12-6-5-11(19)7-13(12)20/h1-7H,8H2. The summed E-state index contributed by atoms with van der Waals surface area (Å²) in [6.45, 7) is 0. The van der Waals surface area contributed by atoms with Gasteiger partial charge in [0.05, 0.1) is 16.3 Å². The molecule has 0 aliphatic carbocycles. The SMILES string of the molecule is Clc1ccc(-c2nnc(CSc3nnc(-c4ccc(Br)cc4)o3)o2)c(Cl)c1. The van der Waals surface area contributed by atoms with Crippen LogP contribution in [-0.2, 0) is 5.75 Å². The Morgan fingerprint density at radius 2 is 1.67 bits per heavy atom. The number of halogens is 3. The normalized spacial score (nSPS) is 11.1. The molecule has 2 aromatic heterocycles. The van der Waals surface area contributed by atoms with Gasteiger partial charge < -0.3 is 8.83 Å². The zero-order chi connectivity index (χ0) is 18.8. The molecule has 0 atom stereocenters. The predicted molar refractivity (Wildman–Crippen MR) is 107 cm³/mol. The van der Waals surface area contributed by atoms with Gasteiger partial charge in [-0.05, 0) is 42.5 Å². The molecular weight excluding hydrogens is 475 g/mol. The second kappa shape index (κ2) is 8.02. The lowest BCUT2D eigenvalue weighted by atomic mass is 10.2. The molecule has 136 valence electrons. The lowest BCUT2D eigenvalue weighted by Gasteiger charge is -1.98. The summed E-state index contributed by atoms with van der Waals surface area (Å²) in [6, 6.07) is 12.7. The van der Waals surface area contributed by atoms with E-state index >= 15 is 0 Å². The van der Waals surface area contributed by atoms with Crippen LogP contribution in [0, 0.1) is 0 Å². The Labute approximate surface area is 176 Å². The Bertz CT molecular complexity index is 1080. The fourth-order valence-electron chi connectivity index (χ4n) is 2.18. The van der Waals surface area contributed by atoms with Crippen LogP contribution in [0.1, 0.15) is 5.89 Å². The van der Waals surface area contributed by atoms with E-state index in [2.05, 4.69) is 36.3 Å². The van der Waals surface area contributed by atoms with E-state index in [1.54, 1.807) is 18.2 Å². The van der Waals surface area contributed by atoms with E-state index in [9.17, 15) is 0 Å². The monoisotopic (exact) mass is 482 g/mol. The predicted octanol–water partition coefficient (Wildman–Crippen LogP) is 6.15. The van der Waals surface area contributed by atoms with Crippen molar-refractivity contribution in [2.24, 2.45) is 0 Å². The van der Waals surface area contributed by atoms with Gasteiger partial charge >= 0.3 is 0 Å². The first-order chi connectivity index (χ1) is 13.1. The molecule has 27 heavy (non-hydrogen) atoms. The third-order valence-corrected chi connectivity index (χ3v) is 5.32. The summed E-state index contributed by atoms with van der Waals surface area (Å²) < 4.78 is 12.3. The number of rotatable bonds is 5. The fraction of sp³-hybridized carbons (Fsp3) is 0.0588. The van der Waals surface area contributed by atoms with E-state index < -0.39 is 0 Å². The van der Waals surface area contributed by atoms with Gasteiger partial charge in [-0.15, -0.1) is 20.4 Å². The lowest BCUT2D eigenvalue weighted by molar-refractivity contribution is 0.464. The zero-order valence-corrected chi connectivity index (χ0v) is 17.3. The molecule has 0 aliphatic rings. The van der Waals surface area contributed by atoms with Crippen molar-refractivity contribution in [1.29, 1.82) is 0 Å². The molecule has 0 saturated heterocycles. The van der Waals surface area contributed by atoms with Crippen LogP contribution in [0.25, 0.3) is 22.9 Å². The smallest absolute Gasteiger partial charge is 0.277 e. The largest absolute Gasteiger partial charge is 0.420 e. The minimum absolute atomic E-state index is 0.327. The number of nitrogens with zero attached hydrogens (tertiary/aromatic N) is 4. The number of thioether (sulfide) groups is 1. The van der Waals surface area contributed by atoms with Gasteiger partial charge in [-0.25, -0.2) is 0 Å². The molecule has 0 N–H and O–H groups in total. The first-order valence-corrected chi connectivity index (χ1v) is 10.1. The lowest BCUT2D eigenvalue weighted by Crippen LogP contribution is -1.80. The van der Waals surface area contributed by atoms with Gasteiger partial charge in [-0.2, -0.15) is 0 Å². The average Bonchev–Trinajstić information content (AvgIpc) is 3.30. The maximum absolute atomic E-state index is 6.16. The maximum Gasteiger partial charge on any atom is 0.277 e. The van der Waals surface area contributed by atoms with Gasteiger partial charge in [0, 0.05) is 15.1 Å². The highest BCUT2D eigenvalue weighted by Gasteiger charge is 2.14. The van der Waals surface area contributed by atoms with Crippen molar-refractivity contribution in [3.8, 4) is 22.9 Å². The third kappa shape index (κ3) is 4.35. The maximum atomic E-state index is 6.16. The van der Waals surface area contributed by atoms with Crippen LogP contribution < -0.4 is 0 Å². The number of hydrogen-bond donors (Lipinski definition) is 0. The molecule has 10 heteroatoms. The molecule has 0 bridgehead atoms. The van der Waals surface area contributed by atoms with E-state index in [0.29, 0.717) is 44.3 Å². The molecule has 0 spiro atoms. The quantitative estimate of drug-likeness (QED) is 0.315. The molecule has 0 amide bonds. The number of aromatic nitrogens is 4. The van der Waals surface area contributed by atoms with E-state index in [4.69, 9.17) is 32.0 Å². The topological polar surface area (TPSA) is 77.8 Å². The first-order valence-electron chi connectivity index (χ1n) is 7.58. The summed E-state index contributed by atoms with van der Waals surface area (Å²) in [4.78, 5) is 0. The molecule has 2 heterocycles. The van der Waals surface area contributed by atoms with Crippen LogP contribution in [0.15, 0.2) is 61.0 Å². The number of hydrogen-bond acceptors (Lipinski definition) is 7. The highest BCUT2D eigenvalue weighted by atomic mass is 79.9. The van der Waals surface area contributed by atoms with Crippen molar-refractivity contribution in [2.45, 2.75) is 11.0 Å². The van der Waals surface area contributed by atoms with Crippen molar-refractivity contribution in [1.82, 2.24) is 20.4 Å². The van der Waals surface area contributed by atoms with Crippen molar-refractivity contribution in [3.05, 3.63) is 62.9 Å². The van der Waals surface area contributed by atoms with E-state index in [1.807, 2.05) is 24.3 Å². The van der Waals surface area contributed by atoms with E-state index in [0.717, 1.165) is 10.0 Å². The van der Waals surface area contributed by atoms with Gasteiger partial charge in [0.15, 0.2) is 0 Å². The summed E-state index contributed by atoms with van der Waals surface area (Å²) in [7, 11) is 0. The van der Waals surface area contributed by atoms with Crippen LogP contribution in [0.2, 0.25) is 10.0 Å². The Morgan fingerprint density at radius 3 is 2.44 bits per heavy atom. The van der Waals surface area contributed by atoms with Crippen molar-refractivity contribution >= 4 is 50.9 Å². The molecule has 0 unspecified atom stereocenters. The Morgan fingerprint density at radius 1 is 0.889 bits per heavy atom. The third-order valence-electron chi connectivity index (χ3n) is 3.45. The minimum atomic E-state index is 0.327. The van der Waals surface area contributed by atoms with Crippen LogP contribution >= 0.6 is 50.9 Å². The van der Waals surface area contributed by atoms with Gasteiger partial charge in [-0.1, -0.05) is 50.9 Å². The minimum Gasteiger partial charge on any atom is -0.420 e. The van der Waals surface area contributed by atoms with E-state index in [1.165, 1.54) is 11.8 Å². The molecule has 0 fully saturated rings. The van der Waals surface area contributed by atoms with Gasteiger partial charge in [0.25, 0.3) is 5.22 Å². The van der Waals surface area contributed by atoms with E-state index in [-0.39, 0.29) is 0 Å². The highest BCUT2D eigenvalue weighted by Crippen LogP contribution is 2.31. The summed E-state index contributed by atoms with van der Waals surface area (Å²) in [6.07, 6.45) is 0.